The van der Waals surface area contributed by atoms with Crippen molar-refractivity contribution in [2.75, 3.05) is 13.2 Å². The van der Waals surface area contributed by atoms with Gasteiger partial charge in [-0.3, -0.25) is 0 Å². The molecule has 0 N–H and O–H groups in total. The van der Waals surface area contributed by atoms with E-state index in [0.717, 1.165) is 16.8 Å². The van der Waals surface area contributed by atoms with Crippen LogP contribution in [0.15, 0.2) is 59.3 Å². The van der Waals surface area contributed by atoms with Gasteiger partial charge in [0.15, 0.2) is 5.76 Å². The van der Waals surface area contributed by atoms with E-state index < -0.39 is 5.72 Å². The molecule has 0 spiro atoms. The lowest BCUT2D eigenvalue weighted by Gasteiger charge is -2.29. The molecule has 0 aromatic heterocycles. The Hall–Kier alpha value is -1.87. The van der Waals surface area contributed by atoms with Gasteiger partial charge in [-0.25, -0.2) is 4.99 Å². The lowest BCUT2D eigenvalue weighted by atomic mass is 10.1. The van der Waals surface area contributed by atoms with E-state index in [0.29, 0.717) is 19.0 Å². The SMILES string of the molecule is C=C(C)C1(OCC)N=C(c2ccccc2)C=C1OCC. The third-order valence-electron chi connectivity index (χ3n) is 3.18. The largest absolute Gasteiger partial charge is 0.493 e. The first-order valence-corrected chi connectivity index (χ1v) is 6.94. The normalized spacial score (nSPS) is 21.4. The van der Waals surface area contributed by atoms with Crippen LogP contribution in [0, 0.1) is 0 Å². The summed E-state index contributed by atoms with van der Waals surface area (Å²) in [5, 5.41) is 0. The molecule has 0 radical (unpaired) electrons. The number of hydrogen-bond donors (Lipinski definition) is 0. The third kappa shape index (κ3) is 2.54. The van der Waals surface area contributed by atoms with Crippen molar-refractivity contribution in [3.63, 3.8) is 0 Å². The van der Waals surface area contributed by atoms with E-state index in [-0.39, 0.29) is 0 Å². The number of ether oxygens (including phenoxy) is 2. The molecular formula is C17H21NO2. The Morgan fingerprint density at radius 2 is 1.90 bits per heavy atom. The highest BCUT2D eigenvalue weighted by Gasteiger charge is 2.42. The molecule has 1 unspecified atom stereocenters. The highest BCUT2D eigenvalue weighted by Crippen LogP contribution is 2.37. The molecule has 1 aromatic rings. The second-order valence-electron chi connectivity index (χ2n) is 4.66. The molecule has 1 heterocycles. The molecule has 3 heteroatoms. The molecule has 106 valence electrons. The molecular weight excluding hydrogens is 250 g/mol. The standard InChI is InChI=1S/C17H21NO2/c1-5-19-16-12-15(14-10-8-7-9-11-14)18-17(16,13(3)4)20-6-2/h7-12H,3,5-6H2,1-2,4H3. The smallest absolute Gasteiger partial charge is 0.239 e. The number of nitrogens with zero attached hydrogens (tertiary/aromatic N) is 1. The molecule has 0 saturated carbocycles. The summed E-state index contributed by atoms with van der Waals surface area (Å²) in [4.78, 5) is 4.76. The van der Waals surface area contributed by atoms with E-state index in [9.17, 15) is 0 Å². The van der Waals surface area contributed by atoms with Crippen molar-refractivity contribution in [2.24, 2.45) is 4.99 Å². The van der Waals surface area contributed by atoms with Crippen molar-refractivity contribution >= 4 is 5.71 Å². The summed E-state index contributed by atoms with van der Waals surface area (Å²) in [6.45, 7) is 11.0. The summed E-state index contributed by atoms with van der Waals surface area (Å²) >= 11 is 0. The van der Waals surface area contributed by atoms with Crippen LogP contribution in [0.4, 0.5) is 0 Å². The molecule has 0 amide bonds. The van der Waals surface area contributed by atoms with Crippen LogP contribution < -0.4 is 0 Å². The second kappa shape index (κ2) is 6.06. The van der Waals surface area contributed by atoms with Gasteiger partial charge in [0.1, 0.15) is 0 Å². The zero-order chi connectivity index (χ0) is 14.6. The highest BCUT2D eigenvalue weighted by molar-refractivity contribution is 6.11. The van der Waals surface area contributed by atoms with Gasteiger partial charge in [0, 0.05) is 12.7 Å². The quantitative estimate of drug-likeness (QED) is 0.738. The van der Waals surface area contributed by atoms with Gasteiger partial charge in [-0.15, -0.1) is 0 Å². The van der Waals surface area contributed by atoms with E-state index in [1.807, 2.05) is 57.2 Å². The molecule has 1 aromatic carbocycles. The Morgan fingerprint density at radius 1 is 1.20 bits per heavy atom. The van der Waals surface area contributed by atoms with Crippen molar-refractivity contribution in [3.8, 4) is 0 Å². The summed E-state index contributed by atoms with van der Waals surface area (Å²) < 4.78 is 11.6. The van der Waals surface area contributed by atoms with Crippen molar-refractivity contribution in [1.82, 2.24) is 0 Å². The maximum atomic E-state index is 5.89. The van der Waals surface area contributed by atoms with Gasteiger partial charge >= 0.3 is 0 Å². The minimum Gasteiger partial charge on any atom is -0.493 e. The minimum absolute atomic E-state index is 0.544. The van der Waals surface area contributed by atoms with Gasteiger partial charge in [-0.05, 0) is 31.9 Å². The topological polar surface area (TPSA) is 30.8 Å². The van der Waals surface area contributed by atoms with Gasteiger partial charge in [0.25, 0.3) is 0 Å². The average molecular weight is 271 g/mol. The van der Waals surface area contributed by atoms with Gasteiger partial charge in [-0.1, -0.05) is 36.9 Å². The van der Waals surface area contributed by atoms with Crippen LogP contribution in [0.3, 0.4) is 0 Å². The molecule has 0 bridgehead atoms. The van der Waals surface area contributed by atoms with Gasteiger partial charge in [0.2, 0.25) is 5.72 Å². The molecule has 0 saturated heterocycles. The first-order valence-electron chi connectivity index (χ1n) is 6.94. The Bertz CT molecular complexity index is 545. The van der Waals surface area contributed by atoms with E-state index in [4.69, 9.17) is 14.5 Å². The van der Waals surface area contributed by atoms with Crippen LogP contribution in [0.2, 0.25) is 0 Å². The number of hydrogen-bond acceptors (Lipinski definition) is 3. The fraction of sp³-hybridized carbons (Fsp3) is 0.353. The van der Waals surface area contributed by atoms with Crippen molar-refractivity contribution in [3.05, 3.63) is 59.9 Å². The second-order valence-corrected chi connectivity index (χ2v) is 4.66. The summed E-state index contributed by atoms with van der Waals surface area (Å²) in [5.41, 5.74) is 1.86. The van der Waals surface area contributed by atoms with E-state index in [2.05, 4.69) is 6.58 Å². The van der Waals surface area contributed by atoms with Crippen LogP contribution in [0.25, 0.3) is 0 Å². The lowest BCUT2D eigenvalue weighted by molar-refractivity contribution is -0.0148. The third-order valence-corrected chi connectivity index (χ3v) is 3.18. The van der Waals surface area contributed by atoms with Gasteiger partial charge < -0.3 is 9.47 Å². The number of benzene rings is 1. The summed E-state index contributed by atoms with van der Waals surface area (Å²) in [7, 11) is 0. The number of rotatable bonds is 6. The minimum atomic E-state index is -0.879. The highest BCUT2D eigenvalue weighted by atomic mass is 16.6. The molecule has 1 atom stereocenters. The lowest BCUT2D eigenvalue weighted by Crippen LogP contribution is -2.33. The summed E-state index contributed by atoms with van der Waals surface area (Å²) in [6, 6.07) is 10.0. The summed E-state index contributed by atoms with van der Waals surface area (Å²) in [6.07, 6.45) is 1.95. The average Bonchev–Trinajstić information content (AvgIpc) is 2.81. The van der Waals surface area contributed by atoms with Crippen LogP contribution in [-0.4, -0.2) is 24.7 Å². The van der Waals surface area contributed by atoms with Gasteiger partial charge in [0.05, 0.1) is 12.3 Å². The van der Waals surface area contributed by atoms with Crippen LogP contribution in [0.5, 0.6) is 0 Å². The molecule has 1 aliphatic heterocycles. The molecule has 1 aliphatic rings. The molecule has 20 heavy (non-hydrogen) atoms. The maximum Gasteiger partial charge on any atom is 0.239 e. The Kier molecular flexibility index (Phi) is 4.40. The van der Waals surface area contributed by atoms with E-state index >= 15 is 0 Å². The van der Waals surface area contributed by atoms with Crippen LogP contribution >= 0.6 is 0 Å². The number of allylic oxidation sites excluding steroid dienone is 1. The first-order chi connectivity index (χ1) is 9.64. The summed E-state index contributed by atoms with van der Waals surface area (Å²) in [5.74, 6) is 0.716. The monoisotopic (exact) mass is 271 g/mol. The fourth-order valence-corrected chi connectivity index (χ4v) is 2.27. The predicted octanol–water partition coefficient (Wildman–Crippen LogP) is 3.72. The van der Waals surface area contributed by atoms with Crippen molar-refractivity contribution in [1.29, 1.82) is 0 Å². The first kappa shape index (κ1) is 14.5. The van der Waals surface area contributed by atoms with Gasteiger partial charge in [-0.2, -0.15) is 0 Å². The van der Waals surface area contributed by atoms with E-state index in [1.165, 1.54) is 0 Å². The Balaban J connectivity index is 2.47. The Morgan fingerprint density at radius 3 is 2.45 bits per heavy atom. The van der Waals surface area contributed by atoms with Crippen molar-refractivity contribution < 1.29 is 9.47 Å². The fourth-order valence-electron chi connectivity index (χ4n) is 2.27. The van der Waals surface area contributed by atoms with Crippen LogP contribution in [-0.2, 0) is 9.47 Å². The zero-order valence-electron chi connectivity index (χ0n) is 12.3. The maximum absolute atomic E-state index is 5.89. The van der Waals surface area contributed by atoms with Crippen LogP contribution in [0.1, 0.15) is 26.3 Å². The van der Waals surface area contributed by atoms with Crippen molar-refractivity contribution in [2.45, 2.75) is 26.5 Å². The number of aliphatic imine (C=N–C) groups is 1. The van der Waals surface area contributed by atoms with E-state index in [1.54, 1.807) is 0 Å². The molecule has 2 rings (SSSR count). The molecule has 0 aliphatic carbocycles. The zero-order valence-corrected chi connectivity index (χ0v) is 12.3. The molecule has 0 fully saturated rings. The molecule has 3 nitrogen and oxygen atoms in total. The Labute approximate surface area is 120 Å². The predicted molar refractivity (Wildman–Crippen MR) is 81.9 cm³/mol.